The maximum atomic E-state index is 14.0. The van der Waals surface area contributed by atoms with E-state index in [2.05, 4.69) is 12.2 Å². The van der Waals surface area contributed by atoms with Crippen molar-refractivity contribution in [3.05, 3.63) is 131 Å². The summed E-state index contributed by atoms with van der Waals surface area (Å²) >= 11 is 6.17. The molecular weight excluding hydrogens is 474 g/mol. The monoisotopic (exact) mass is 497 g/mol. The van der Waals surface area contributed by atoms with Crippen molar-refractivity contribution in [2.24, 2.45) is 0 Å². The summed E-state index contributed by atoms with van der Waals surface area (Å²) in [4.78, 5) is 0.255. The third kappa shape index (κ3) is 4.55. The fourth-order valence-corrected chi connectivity index (χ4v) is 6.02. The van der Waals surface area contributed by atoms with E-state index in [0.29, 0.717) is 22.7 Å². The first-order valence-corrected chi connectivity index (χ1v) is 13.2. The number of benzene rings is 4. The van der Waals surface area contributed by atoms with Gasteiger partial charge in [-0.2, -0.15) is 0 Å². The molecule has 5 rings (SSSR count). The van der Waals surface area contributed by atoms with Crippen LogP contribution in [-0.2, 0) is 16.4 Å². The van der Waals surface area contributed by atoms with E-state index in [4.69, 9.17) is 11.6 Å². The van der Waals surface area contributed by atoms with Crippen LogP contribution in [0, 0.1) is 6.92 Å². The number of aryl methyl sites for hydroxylation is 1. The molecule has 35 heavy (non-hydrogen) atoms. The van der Waals surface area contributed by atoms with Crippen molar-refractivity contribution in [1.29, 1.82) is 0 Å². The second-order valence-corrected chi connectivity index (χ2v) is 10.7. The van der Waals surface area contributed by atoms with Gasteiger partial charge in [0.05, 0.1) is 16.1 Å². The number of allylic oxidation sites excluding steroid dienone is 1. The lowest BCUT2D eigenvalue weighted by Gasteiger charge is -2.14. The van der Waals surface area contributed by atoms with Gasteiger partial charge in [0.1, 0.15) is 0 Å². The number of hydrogen-bond donors (Lipinski definition) is 0. The maximum Gasteiger partial charge on any atom is 0.268 e. The van der Waals surface area contributed by atoms with Crippen LogP contribution in [-0.4, -0.2) is 12.4 Å². The minimum atomic E-state index is -3.87. The quantitative estimate of drug-likeness (QED) is 0.240. The minimum Gasteiger partial charge on any atom is -0.233 e. The van der Waals surface area contributed by atoms with Crippen LogP contribution in [0.5, 0.6) is 0 Å². The molecule has 0 spiro atoms. The van der Waals surface area contributed by atoms with Crippen LogP contribution in [0.2, 0.25) is 5.02 Å². The number of fused-ring (bicyclic) bond motifs is 1. The van der Waals surface area contributed by atoms with Gasteiger partial charge < -0.3 is 0 Å². The zero-order chi connectivity index (χ0) is 24.4. The van der Waals surface area contributed by atoms with Gasteiger partial charge in [-0.3, -0.25) is 0 Å². The molecule has 1 aromatic heterocycles. The lowest BCUT2D eigenvalue weighted by atomic mass is 10.0. The first-order valence-electron chi connectivity index (χ1n) is 11.4. The third-order valence-electron chi connectivity index (χ3n) is 6.05. The zero-order valence-electron chi connectivity index (χ0n) is 19.2. The summed E-state index contributed by atoms with van der Waals surface area (Å²) in [6.45, 7) is 1.94. The van der Waals surface area contributed by atoms with E-state index in [-0.39, 0.29) is 4.90 Å². The van der Waals surface area contributed by atoms with E-state index in [1.807, 2.05) is 85.8 Å². The molecule has 1 heterocycles. The van der Waals surface area contributed by atoms with Crippen molar-refractivity contribution < 1.29 is 8.42 Å². The molecule has 0 aliphatic rings. The molecule has 0 amide bonds. The summed E-state index contributed by atoms with van der Waals surface area (Å²) in [6.07, 6.45) is 4.72. The molecule has 5 aromatic rings. The Morgan fingerprint density at radius 3 is 2.17 bits per heavy atom. The third-order valence-corrected chi connectivity index (χ3v) is 8.03. The molecule has 0 aliphatic heterocycles. The van der Waals surface area contributed by atoms with Crippen LogP contribution in [0.25, 0.3) is 28.2 Å². The van der Waals surface area contributed by atoms with Gasteiger partial charge in [-0.25, -0.2) is 12.4 Å². The van der Waals surface area contributed by atoms with Crippen LogP contribution in [0.4, 0.5) is 0 Å². The van der Waals surface area contributed by atoms with E-state index in [1.165, 1.54) is 3.97 Å². The SMILES string of the molecule is Cc1ccc(S(=O)(=O)n2c(-c3ccc(Cl)cc3)c(C/C=C/c3ccccc3)c3ccccc32)cc1. The molecule has 0 bridgehead atoms. The Hall–Kier alpha value is -3.60. The van der Waals surface area contributed by atoms with E-state index >= 15 is 0 Å². The molecule has 3 nitrogen and oxygen atoms in total. The summed E-state index contributed by atoms with van der Waals surface area (Å²) in [5, 5.41) is 1.51. The van der Waals surface area contributed by atoms with Crippen LogP contribution in [0.3, 0.4) is 0 Å². The Bertz CT molecular complexity index is 1620. The van der Waals surface area contributed by atoms with Gasteiger partial charge in [0, 0.05) is 10.4 Å². The first kappa shape index (κ1) is 23.2. The van der Waals surface area contributed by atoms with E-state index in [0.717, 1.165) is 27.6 Å². The summed E-state index contributed by atoms with van der Waals surface area (Å²) in [5.74, 6) is 0. The Morgan fingerprint density at radius 1 is 0.800 bits per heavy atom. The second-order valence-electron chi connectivity index (χ2n) is 8.45. The summed E-state index contributed by atoms with van der Waals surface area (Å²) < 4.78 is 29.6. The fraction of sp³-hybridized carbons (Fsp3) is 0.0667. The van der Waals surface area contributed by atoms with Crippen molar-refractivity contribution in [3.63, 3.8) is 0 Å². The van der Waals surface area contributed by atoms with Gasteiger partial charge in [0.25, 0.3) is 10.0 Å². The lowest BCUT2D eigenvalue weighted by Crippen LogP contribution is -2.14. The predicted molar refractivity (Wildman–Crippen MR) is 145 cm³/mol. The van der Waals surface area contributed by atoms with E-state index in [9.17, 15) is 8.42 Å². The molecule has 0 aliphatic carbocycles. The molecule has 0 saturated carbocycles. The van der Waals surface area contributed by atoms with Crippen LogP contribution >= 0.6 is 11.6 Å². The minimum absolute atomic E-state index is 0.255. The highest BCUT2D eigenvalue weighted by Gasteiger charge is 2.27. The van der Waals surface area contributed by atoms with Crippen molar-refractivity contribution in [2.45, 2.75) is 18.2 Å². The van der Waals surface area contributed by atoms with Crippen molar-refractivity contribution in [2.75, 3.05) is 0 Å². The average molecular weight is 498 g/mol. The Labute approximate surface area is 211 Å². The van der Waals surface area contributed by atoms with Gasteiger partial charge in [-0.05, 0) is 60.4 Å². The van der Waals surface area contributed by atoms with Crippen LogP contribution in [0.15, 0.2) is 114 Å². The van der Waals surface area contributed by atoms with Gasteiger partial charge in [-0.15, -0.1) is 0 Å². The number of rotatable bonds is 6. The second kappa shape index (κ2) is 9.57. The highest BCUT2D eigenvalue weighted by Crippen LogP contribution is 2.38. The van der Waals surface area contributed by atoms with Gasteiger partial charge in [0.2, 0.25) is 0 Å². The highest BCUT2D eigenvalue weighted by molar-refractivity contribution is 7.90. The number of nitrogens with zero attached hydrogens (tertiary/aromatic N) is 1. The van der Waals surface area contributed by atoms with Gasteiger partial charge in [-0.1, -0.05) is 102 Å². The maximum absolute atomic E-state index is 14.0. The summed E-state index contributed by atoms with van der Waals surface area (Å²) in [7, 11) is -3.87. The van der Waals surface area contributed by atoms with Crippen LogP contribution in [0.1, 0.15) is 16.7 Å². The summed E-state index contributed by atoms with van der Waals surface area (Å²) in [5.41, 5.74) is 5.15. The first-order chi connectivity index (χ1) is 16.9. The van der Waals surface area contributed by atoms with Gasteiger partial charge in [0.15, 0.2) is 0 Å². The average Bonchev–Trinajstić information content (AvgIpc) is 3.20. The Morgan fingerprint density at radius 2 is 1.46 bits per heavy atom. The molecule has 174 valence electrons. The summed E-state index contributed by atoms with van der Waals surface area (Å²) in [6, 6.07) is 32.1. The fourth-order valence-electron chi connectivity index (χ4n) is 4.32. The van der Waals surface area contributed by atoms with Crippen LogP contribution < -0.4 is 0 Å². The van der Waals surface area contributed by atoms with Gasteiger partial charge >= 0.3 is 0 Å². The Balaban J connectivity index is 1.76. The normalized spacial score (nSPS) is 11.9. The molecule has 0 fully saturated rings. The lowest BCUT2D eigenvalue weighted by molar-refractivity contribution is 0.589. The topological polar surface area (TPSA) is 39.1 Å². The molecular formula is C30H24ClNO2S. The number of aromatic nitrogens is 1. The van der Waals surface area contributed by atoms with E-state index < -0.39 is 10.0 Å². The van der Waals surface area contributed by atoms with E-state index in [1.54, 1.807) is 24.3 Å². The molecule has 0 saturated heterocycles. The van der Waals surface area contributed by atoms with Crippen molar-refractivity contribution in [3.8, 4) is 11.3 Å². The molecule has 5 heteroatoms. The largest absolute Gasteiger partial charge is 0.268 e. The molecule has 4 aromatic carbocycles. The number of halogens is 1. The Kier molecular flexibility index (Phi) is 6.33. The standard InChI is InChI=1S/C30H24ClNO2S/c1-22-14-20-26(21-15-22)35(33,34)32-29-13-6-5-11-27(29)28(12-7-10-23-8-3-2-4-9-23)30(32)24-16-18-25(31)19-17-24/h2-11,13-21H,12H2,1H3/b10-7+. The predicted octanol–water partition coefficient (Wildman–Crippen LogP) is 7.76. The molecule has 0 unspecified atom stereocenters. The highest BCUT2D eigenvalue weighted by atomic mass is 35.5. The molecule has 0 atom stereocenters. The van der Waals surface area contributed by atoms with Crippen molar-refractivity contribution >= 4 is 38.6 Å². The number of para-hydroxylation sites is 1. The zero-order valence-corrected chi connectivity index (χ0v) is 20.8. The van der Waals surface area contributed by atoms with Crippen molar-refractivity contribution in [1.82, 2.24) is 3.97 Å². The molecule has 0 radical (unpaired) electrons. The molecule has 0 N–H and O–H groups in total. The number of hydrogen-bond acceptors (Lipinski definition) is 2. The smallest absolute Gasteiger partial charge is 0.233 e.